The van der Waals surface area contributed by atoms with Crippen molar-refractivity contribution in [2.75, 3.05) is 33.7 Å². The van der Waals surface area contributed by atoms with Gasteiger partial charge in [-0.1, -0.05) is 30.3 Å². The zero-order chi connectivity index (χ0) is 19.2. The van der Waals surface area contributed by atoms with Crippen LogP contribution in [0.1, 0.15) is 38.5 Å². The van der Waals surface area contributed by atoms with Gasteiger partial charge in [0.15, 0.2) is 0 Å². The van der Waals surface area contributed by atoms with Crippen LogP contribution >= 0.6 is 0 Å². The van der Waals surface area contributed by atoms with E-state index in [-0.39, 0.29) is 17.5 Å². The molecule has 1 aromatic carbocycles. The normalized spacial score (nSPS) is 13.4. The molecule has 0 saturated heterocycles. The molecular formula is C21H26N4O2. The Morgan fingerprint density at radius 1 is 1.07 bits per heavy atom. The predicted octanol–water partition coefficient (Wildman–Crippen LogP) is 1.96. The molecule has 0 atom stereocenters. The SMILES string of the molecule is CN(C)CCCNC(=O)c1cccc(C(=O)N2CCc3ccccc3C2)n1. The smallest absolute Gasteiger partial charge is 0.272 e. The summed E-state index contributed by atoms with van der Waals surface area (Å²) in [7, 11) is 3.99. The number of amides is 2. The summed E-state index contributed by atoms with van der Waals surface area (Å²) in [6.45, 7) is 2.73. The number of carbonyl (C=O) groups excluding carboxylic acids is 2. The van der Waals surface area contributed by atoms with Crippen LogP contribution in [0.15, 0.2) is 42.5 Å². The number of nitrogens with one attached hydrogen (secondary N) is 1. The summed E-state index contributed by atoms with van der Waals surface area (Å²) in [6, 6.07) is 13.2. The summed E-state index contributed by atoms with van der Waals surface area (Å²) in [6.07, 6.45) is 1.71. The van der Waals surface area contributed by atoms with Gasteiger partial charge >= 0.3 is 0 Å². The van der Waals surface area contributed by atoms with Crippen molar-refractivity contribution in [3.63, 3.8) is 0 Å². The lowest BCUT2D eigenvalue weighted by atomic mass is 10.00. The number of nitrogens with zero attached hydrogens (tertiary/aromatic N) is 3. The van der Waals surface area contributed by atoms with Crippen molar-refractivity contribution in [3.8, 4) is 0 Å². The Hall–Kier alpha value is -2.73. The lowest BCUT2D eigenvalue weighted by Gasteiger charge is -2.28. The summed E-state index contributed by atoms with van der Waals surface area (Å²) in [5.41, 5.74) is 3.06. The second-order valence-electron chi connectivity index (χ2n) is 7.07. The van der Waals surface area contributed by atoms with Gasteiger partial charge in [0, 0.05) is 19.6 Å². The highest BCUT2D eigenvalue weighted by Crippen LogP contribution is 2.19. The first-order valence-corrected chi connectivity index (χ1v) is 9.30. The van der Waals surface area contributed by atoms with Gasteiger partial charge in [-0.25, -0.2) is 4.98 Å². The van der Waals surface area contributed by atoms with Gasteiger partial charge < -0.3 is 15.1 Å². The molecule has 1 aromatic heterocycles. The Bertz CT molecular complexity index is 819. The summed E-state index contributed by atoms with van der Waals surface area (Å²) in [5, 5.41) is 2.86. The Labute approximate surface area is 160 Å². The molecule has 1 aliphatic rings. The molecule has 6 nitrogen and oxygen atoms in total. The van der Waals surface area contributed by atoms with Gasteiger partial charge in [0.1, 0.15) is 11.4 Å². The van der Waals surface area contributed by atoms with Gasteiger partial charge in [0.25, 0.3) is 11.8 Å². The molecule has 2 aromatic rings. The molecule has 2 heterocycles. The molecule has 0 spiro atoms. The summed E-state index contributed by atoms with van der Waals surface area (Å²) >= 11 is 0. The molecule has 142 valence electrons. The van der Waals surface area contributed by atoms with Gasteiger partial charge in [-0.05, 0) is 56.7 Å². The van der Waals surface area contributed by atoms with Crippen LogP contribution < -0.4 is 5.32 Å². The maximum atomic E-state index is 12.8. The summed E-state index contributed by atoms with van der Waals surface area (Å²) < 4.78 is 0. The zero-order valence-electron chi connectivity index (χ0n) is 15.9. The van der Waals surface area contributed by atoms with Gasteiger partial charge in [-0.15, -0.1) is 0 Å². The minimum Gasteiger partial charge on any atom is -0.351 e. The van der Waals surface area contributed by atoms with Gasteiger partial charge in [0.05, 0.1) is 0 Å². The number of benzene rings is 1. The largest absolute Gasteiger partial charge is 0.351 e. The topological polar surface area (TPSA) is 65.5 Å². The fourth-order valence-corrected chi connectivity index (χ4v) is 3.20. The molecule has 0 unspecified atom stereocenters. The molecule has 0 bridgehead atoms. The van der Waals surface area contributed by atoms with E-state index in [1.807, 2.05) is 26.2 Å². The van der Waals surface area contributed by atoms with Gasteiger partial charge in [-0.2, -0.15) is 0 Å². The highest BCUT2D eigenvalue weighted by molar-refractivity contribution is 5.96. The molecule has 1 N–H and O–H groups in total. The molecule has 0 fully saturated rings. The van der Waals surface area contributed by atoms with Crippen molar-refractivity contribution in [1.29, 1.82) is 0 Å². The Kier molecular flexibility index (Phi) is 6.19. The molecule has 2 amide bonds. The fraction of sp³-hybridized carbons (Fsp3) is 0.381. The van der Waals surface area contributed by atoms with E-state index in [4.69, 9.17) is 0 Å². The number of carbonyl (C=O) groups is 2. The van der Waals surface area contributed by atoms with E-state index in [0.29, 0.717) is 25.3 Å². The predicted molar refractivity (Wildman–Crippen MR) is 105 cm³/mol. The van der Waals surface area contributed by atoms with Gasteiger partial charge in [0.2, 0.25) is 0 Å². The lowest BCUT2D eigenvalue weighted by Crippen LogP contribution is -2.36. The number of fused-ring (bicyclic) bond motifs is 1. The second-order valence-corrected chi connectivity index (χ2v) is 7.07. The maximum absolute atomic E-state index is 12.8. The van der Waals surface area contributed by atoms with Crippen molar-refractivity contribution < 1.29 is 9.59 Å². The van der Waals surface area contributed by atoms with E-state index in [9.17, 15) is 9.59 Å². The van der Waals surface area contributed by atoms with E-state index in [1.54, 1.807) is 23.1 Å². The monoisotopic (exact) mass is 366 g/mol. The van der Waals surface area contributed by atoms with Crippen LogP contribution in [0.5, 0.6) is 0 Å². The second kappa shape index (κ2) is 8.77. The highest BCUT2D eigenvalue weighted by atomic mass is 16.2. The van der Waals surface area contributed by atoms with E-state index < -0.39 is 0 Å². The van der Waals surface area contributed by atoms with Crippen LogP contribution in [0.2, 0.25) is 0 Å². The third-order valence-electron chi connectivity index (χ3n) is 4.69. The minimum atomic E-state index is -0.243. The summed E-state index contributed by atoms with van der Waals surface area (Å²) in [5.74, 6) is -0.376. The van der Waals surface area contributed by atoms with E-state index >= 15 is 0 Å². The molecule has 6 heteroatoms. The first-order valence-electron chi connectivity index (χ1n) is 9.30. The molecule has 1 aliphatic heterocycles. The minimum absolute atomic E-state index is 0.133. The Balaban J connectivity index is 1.63. The molecule has 0 saturated carbocycles. The molecular weight excluding hydrogens is 340 g/mol. The van der Waals surface area contributed by atoms with E-state index in [1.165, 1.54) is 11.1 Å². The van der Waals surface area contributed by atoms with E-state index in [2.05, 4.69) is 27.3 Å². The van der Waals surface area contributed by atoms with E-state index in [0.717, 1.165) is 19.4 Å². The van der Waals surface area contributed by atoms with Gasteiger partial charge in [-0.3, -0.25) is 9.59 Å². The van der Waals surface area contributed by atoms with Crippen molar-refractivity contribution in [2.24, 2.45) is 0 Å². The molecule has 0 radical (unpaired) electrons. The standard InChI is InChI=1S/C21H26N4O2/c1-24(2)13-6-12-22-20(26)18-9-5-10-19(23-18)21(27)25-14-11-16-7-3-4-8-17(16)15-25/h3-5,7-10H,6,11-15H2,1-2H3,(H,22,26). The lowest BCUT2D eigenvalue weighted by molar-refractivity contribution is 0.0728. The zero-order valence-corrected chi connectivity index (χ0v) is 15.9. The van der Waals surface area contributed by atoms with Crippen LogP contribution in [0.25, 0.3) is 0 Å². The average molecular weight is 366 g/mol. The fourth-order valence-electron chi connectivity index (χ4n) is 3.20. The van der Waals surface area contributed by atoms with Crippen molar-refractivity contribution in [2.45, 2.75) is 19.4 Å². The first-order chi connectivity index (χ1) is 13.0. The van der Waals surface area contributed by atoms with Crippen LogP contribution in [-0.2, 0) is 13.0 Å². The Morgan fingerprint density at radius 3 is 2.59 bits per heavy atom. The summed E-state index contributed by atoms with van der Waals surface area (Å²) in [4.78, 5) is 33.3. The molecule has 27 heavy (non-hydrogen) atoms. The quantitative estimate of drug-likeness (QED) is 0.794. The highest BCUT2D eigenvalue weighted by Gasteiger charge is 2.23. The number of hydrogen-bond donors (Lipinski definition) is 1. The third-order valence-corrected chi connectivity index (χ3v) is 4.69. The third kappa shape index (κ3) is 4.92. The number of hydrogen-bond acceptors (Lipinski definition) is 4. The van der Waals surface area contributed by atoms with Crippen molar-refractivity contribution >= 4 is 11.8 Å². The number of aromatic nitrogens is 1. The van der Waals surface area contributed by atoms with Crippen LogP contribution in [0.3, 0.4) is 0 Å². The molecule has 3 rings (SSSR count). The first kappa shape index (κ1) is 19.0. The number of pyridine rings is 1. The molecule has 0 aliphatic carbocycles. The van der Waals surface area contributed by atoms with Crippen LogP contribution in [0.4, 0.5) is 0 Å². The average Bonchev–Trinajstić information content (AvgIpc) is 2.70. The van der Waals surface area contributed by atoms with Crippen LogP contribution in [-0.4, -0.2) is 60.3 Å². The number of rotatable bonds is 6. The Morgan fingerprint density at radius 2 is 1.81 bits per heavy atom. The maximum Gasteiger partial charge on any atom is 0.272 e. The van der Waals surface area contributed by atoms with Crippen molar-refractivity contribution in [1.82, 2.24) is 20.1 Å². The van der Waals surface area contributed by atoms with Crippen LogP contribution in [0, 0.1) is 0 Å². The van der Waals surface area contributed by atoms with Crippen molar-refractivity contribution in [3.05, 3.63) is 65.0 Å².